The lowest BCUT2D eigenvalue weighted by Gasteiger charge is -2.20. The van der Waals surface area contributed by atoms with Crippen molar-refractivity contribution in [3.63, 3.8) is 0 Å². The quantitative estimate of drug-likeness (QED) is 0.716. The van der Waals surface area contributed by atoms with Crippen LogP contribution in [0.3, 0.4) is 0 Å². The standard InChI is InChI=1S/C13H19N3O3S/c1-3-5-10-12(20-15-14-10)13(18)16(9-6-7-9)8-11(17)19-4-2/h9H,3-8H2,1-2H3. The van der Waals surface area contributed by atoms with E-state index in [1.165, 1.54) is 0 Å². The fourth-order valence-corrected chi connectivity index (χ4v) is 2.67. The number of aryl methyl sites for hydroxylation is 1. The Morgan fingerprint density at radius 1 is 1.40 bits per heavy atom. The highest BCUT2D eigenvalue weighted by atomic mass is 32.1. The van der Waals surface area contributed by atoms with Crippen molar-refractivity contribution in [1.29, 1.82) is 0 Å². The smallest absolute Gasteiger partial charge is 0.325 e. The van der Waals surface area contributed by atoms with E-state index in [-0.39, 0.29) is 24.5 Å². The second-order valence-electron chi connectivity index (χ2n) is 4.77. The van der Waals surface area contributed by atoms with Gasteiger partial charge >= 0.3 is 5.97 Å². The van der Waals surface area contributed by atoms with Crippen LogP contribution >= 0.6 is 11.5 Å². The Balaban J connectivity index is 2.10. The van der Waals surface area contributed by atoms with Gasteiger partial charge in [0.05, 0.1) is 12.3 Å². The Labute approximate surface area is 122 Å². The van der Waals surface area contributed by atoms with Crippen molar-refractivity contribution in [3.05, 3.63) is 10.6 Å². The summed E-state index contributed by atoms with van der Waals surface area (Å²) in [6, 6.07) is 0.156. The minimum Gasteiger partial charge on any atom is -0.465 e. The molecule has 7 heteroatoms. The molecule has 0 radical (unpaired) electrons. The zero-order chi connectivity index (χ0) is 14.5. The molecule has 0 atom stereocenters. The van der Waals surface area contributed by atoms with E-state index in [4.69, 9.17) is 4.74 Å². The SMILES string of the molecule is CCCc1nnsc1C(=O)N(CC(=O)OCC)C1CC1. The number of carbonyl (C=O) groups is 2. The minimum atomic E-state index is -0.359. The first-order valence-electron chi connectivity index (χ1n) is 6.95. The first-order valence-corrected chi connectivity index (χ1v) is 7.72. The number of amides is 1. The molecule has 1 fully saturated rings. The van der Waals surface area contributed by atoms with Crippen LogP contribution in [0, 0.1) is 0 Å². The number of carbonyl (C=O) groups excluding carboxylic acids is 2. The summed E-state index contributed by atoms with van der Waals surface area (Å²) < 4.78 is 8.80. The van der Waals surface area contributed by atoms with E-state index >= 15 is 0 Å². The summed E-state index contributed by atoms with van der Waals surface area (Å²) in [4.78, 5) is 26.4. The number of hydrogen-bond donors (Lipinski definition) is 0. The van der Waals surface area contributed by atoms with Crippen LogP contribution in [0.15, 0.2) is 0 Å². The van der Waals surface area contributed by atoms with Crippen molar-refractivity contribution in [1.82, 2.24) is 14.5 Å². The molecule has 1 aliphatic rings. The van der Waals surface area contributed by atoms with Crippen LogP contribution in [0.1, 0.15) is 48.5 Å². The lowest BCUT2D eigenvalue weighted by Crippen LogP contribution is -2.38. The molecular formula is C13H19N3O3S. The van der Waals surface area contributed by atoms with Gasteiger partial charge in [-0.2, -0.15) is 0 Å². The van der Waals surface area contributed by atoms with E-state index in [0.29, 0.717) is 11.5 Å². The van der Waals surface area contributed by atoms with Gasteiger partial charge in [-0.05, 0) is 37.7 Å². The van der Waals surface area contributed by atoms with Gasteiger partial charge in [0.2, 0.25) is 0 Å². The summed E-state index contributed by atoms with van der Waals surface area (Å²) >= 11 is 1.11. The molecule has 6 nitrogen and oxygen atoms in total. The third-order valence-electron chi connectivity index (χ3n) is 3.09. The molecule has 2 rings (SSSR count). The second-order valence-corrected chi connectivity index (χ2v) is 5.52. The Morgan fingerprint density at radius 3 is 2.75 bits per heavy atom. The summed E-state index contributed by atoms with van der Waals surface area (Å²) in [5.74, 6) is -0.499. The van der Waals surface area contributed by atoms with Crippen LogP contribution < -0.4 is 0 Å². The minimum absolute atomic E-state index is 0.0147. The maximum absolute atomic E-state index is 12.6. The van der Waals surface area contributed by atoms with Gasteiger partial charge in [0.1, 0.15) is 11.4 Å². The van der Waals surface area contributed by atoms with Gasteiger partial charge in [-0.25, -0.2) is 0 Å². The van der Waals surface area contributed by atoms with Crippen LogP contribution in [0.5, 0.6) is 0 Å². The highest BCUT2D eigenvalue weighted by Gasteiger charge is 2.36. The average Bonchev–Trinajstić information content (AvgIpc) is 3.16. The highest BCUT2D eigenvalue weighted by Crippen LogP contribution is 2.29. The molecule has 1 amide bonds. The van der Waals surface area contributed by atoms with Gasteiger partial charge in [-0.15, -0.1) is 5.10 Å². The fraction of sp³-hybridized carbons (Fsp3) is 0.692. The molecule has 0 spiro atoms. The fourth-order valence-electron chi connectivity index (χ4n) is 2.00. The summed E-state index contributed by atoms with van der Waals surface area (Å²) in [7, 11) is 0. The topological polar surface area (TPSA) is 72.4 Å². The first-order chi connectivity index (χ1) is 9.67. The molecule has 0 unspecified atom stereocenters. The van der Waals surface area contributed by atoms with Crippen LogP contribution in [0.25, 0.3) is 0 Å². The molecule has 1 aromatic rings. The van der Waals surface area contributed by atoms with E-state index in [9.17, 15) is 9.59 Å². The molecule has 0 bridgehead atoms. The van der Waals surface area contributed by atoms with E-state index in [1.54, 1.807) is 11.8 Å². The number of rotatable bonds is 7. The summed E-state index contributed by atoms with van der Waals surface area (Å²) in [6.45, 7) is 4.13. The first kappa shape index (κ1) is 14.9. The molecule has 0 aliphatic heterocycles. The third kappa shape index (κ3) is 3.53. The van der Waals surface area contributed by atoms with Crippen molar-refractivity contribution >= 4 is 23.4 Å². The largest absolute Gasteiger partial charge is 0.465 e. The predicted octanol–water partition coefficient (Wildman–Crippen LogP) is 1.66. The van der Waals surface area contributed by atoms with Gasteiger partial charge in [0, 0.05) is 6.04 Å². The lowest BCUT2D eigenvalue weighted by molar-refractivity contribution is -0.143. The van der Waals surface area contributed by atoms with Crippen molar-refractivity contribution in [3.8, 4) is 0 Å². The maximum Gasteiger partial charge on any atom is 0.325 e. The number of hydrogen-bond acceptors (Lipinski definition) is 6. The normalized spacial score (nSPS) is 14.1. The van der Waals surface area contributed by atoms with Crippen LogP contribution in [0.4, 0.5) is 0 Å². The molecule has 0 N–H and O–H groups in total. The number of nitrogens with zero attached hydrogens (tertiary/aromatic N) is 3. The van der Waals surface area contributed by atoms with Gasteiger partial charge in [-0.1, -0.05) is 17.8 Å². The Hall–Kier alpha value is -1.50. The molecule has 1 aromatic heterocycles. The highest BCUT2D eigenvalue weighted by molar-refractivity contribution is 7.08. The summed E-state index contributed by atoms with van der Waals surface area (Å²) in [6.07, 6.45) is 3.53. The van der Waals surface area contributed by atoms with E-state index in [0.717, 1.165) is 42.9 Å². The molecule has 20 heavy (non-hydrogen) atoms. The summed E-state index contributed by atoms with van der Waals surface area (Å²) in [5, 5.41) is 4.01. The van der Waals surface area contributed by atoms with Crippen LogP contribution in [-0.2, 0) is 16.0 Å². The van der Waals surface area contributed by atoms with Crippen LogP contribution in [-0.4, -0.2) is 45.6 Å². The van der Waals surface area contributed by atoms with E-state index in [2.05, 4.69) is 9.59 Å². The monoisotopic (exact) mass is 297 g/mol. The van der Waals surface area contributed by atoms with Gasteiger partial charge < -0.3 is 9.64 Å². The molecule has 110 valence electrons. The molecule has 0 saturated heterocycles. The van der Waals surface area contributed by atoms with Crippen molar-refractivity contribution in [2.45, 2.75) is 45.6 Å². The zero-order valence-corrected chi connectivity index (χ0v) is 12.6. The Kier molecular flexibility index (Phi) is 5.05. The van der Waals surface area contributed by atoms with Crippen LogP contribution in [0.2, 0.25) is 0 Å². The van der Waals surface area contributed by atoms with Gasteiger partial charge in [-0.3, -0.25) is 9.59 Å². The Bertz CT molecular complexity index is 485. The molecule has 0 aromatic carbocycles. The molecule has 1 heterocycles. The van der Waals surface area contributed by atoms with Gasteiger partial charge in [0.15, 0.2) is 0 Å². The molecule has 1 saturated carbocycles. The van der Waals surface area contributed by atoms with E-state index < -0.39 is 0 Å². The number of aromatic nitrogens is 2. The number of esters is 1. The van der Waals surface area contributed by atoms with Gasteiger partial charge in [0.25, 0.3) is 5.91 Å². The third-order valence-corrected chi connectivity index (χ3v) is 3.85. The second kappa shape index (κ2) is 6.78. The van der Waals surface area contributed by atoms with Crippen molar-refractivity contribution in [2.75, 3.05) is 13.2 Å². The molecule has 1 aliphatic carbocycles. The van der Waals surface area contributed by atoms with Crippen molar-refractivity contribution < 1.29 is 14.3 Å². The van der Waals surface area contributed by atoms with Crippen molar-refractivity contribution in [2.24, 2.45) is 0 Å². The maximum atomic E-state index is 12.6. The average molecular weight is 297 g/mol. The predicted molar refractivity (Wildman–Crippen MR) is 74.6 cm³/mol. The molecular weight excluding hydrogens is 278 g/mol. The Morgan fingerprint density at radius 2 is 2.15 bits per heavy atom. The lowest BCUT2D eigenvalue weighted by atomic mass is 10.2. The summed E-state index contributed by atoms with van der Waals surface area (Å²) in [5.41, 5.74) is 0.733. The zero-order valence-electron chi connectivity index (χ0n) is 11.8. The van der Waals surface area contributed by atoms with E-state index in [1.807, 2.05) is 6.92 Å². The number of ether oxygens (including phenoxy) is 1.